The van der Waals surface area contributed by atoms with E-state index in [-0.39, 0.29) is 23.8 Å². The predicted octanol–water partition coefficient (Wildman–Crippen LogP) is 3.52. The van der Waals surface area contributed by atoms with Crippen LogP contribution in [0.1, 0.15) is 47.3 Å². The van der Waals surface area contributed by atoms with Crippen molar-refractivity contribution in [2.45, 2.75) is 44.3 Å². The number of pyridine rings is 1. The van der Waals surface area contributed by atoms with Gasteiger partial charge in [-0.05, 0) is 48.8 Å². The molecule has 33 heavy (non-hydrogen) atoms. The minimum atomic E-state index is -0.0933. The fourth-order valence-corrected chi connectivity index (χ4v) is 4.78. The van der Waals surface area contributed by atoms with Crippen molar-refractivity contribution in [1.29, 1.82) is 5.41 Å². The number of fused-ring (bicyclic) bond motifs is 2. The number of nitrogen functional groups attached to an aromatic ring is 1. The van der Waals surface area contributed by atoms with Gasteiger partial charge < -0.3 is 21.4 Å². The fraction of sp³-hybridized carbons (Fsp3) is 0.269. The lowest BCUT2D eigenvalue weighted by atomic mass is 9.92. The van der Waals surface area contributed by atoms with Crippen molar-refractivity contribution in [3.8, 4) is 0 Å². The van der Waals surface area contributed by atoms with Gasteiger partial charge >= 0.3 is 0 Å². The Labute approximate surface area is 192 Å². The summed E-state index contributed by atoms with van der Waals surface area (Å²) in [5, 5.41) is 14.2. The fourth-order valence-electron chi connectivity index (χ4n) is 4.78. The van der Waals surface area contributed by atoms with Crippen molar-refractivity contribution < 1.29 is 4.79 Å². The molecule has 2 aromatic carbocycles. The van der Waals surface area contributed by atoms with E-state index in [1.807, 2.05) is 59.4 Å². The van der Waals surface area contributed by atoms with Crippen LogP contribution < -0.4 is 16.8 Å². The first-order valence-electron chi connectivity index (χ1n) is 11.4. The molecular formula is C26H28N6O. The highest BCUT2D eigenvalue weighted by molar-refractivity contribution is 6.02. The molecule has 1 aliphatic carbocycles. The summed E-state index contributed by atoms with van der Waals surface area (Å²) in [6.45, 7) is 0.484. The zero-order chi connectivity index (χ0) is 22.9. The predicted molar refractivity (Wildman–Crippen MR) is 131 cm³/mol. The molecule has 1 amide bonds. The second kappa shape index (κ2) is 8.67. The number of carbonyl (C=O) groups is 1. The number of carbonyl (C=O) groups excluding carboxylic acids is 1. The molecule has 0 aliphatic heterocycles. The van der Waals surface area contributed by atoms with Crippen molar-refractivity contribution in [2.24, 2.45) is 11.5 Å². The molecule has 5 rings (SSSR count). The lowest BCUT2D eigenvalue weighted by Crippen LogP contribution is -2.41. The number of rotatable bonds is 5. The smallest absolute Gasteiger partial charge is 0.268 e. The van der Waals surface area contributed by atoms with Crippen molar-refractivity contribution in [3.63, 3.8) is 0 Å². The molecule has 7 heteroatoms. The van der Waals surface area contributed by atoms with Crippen molar-refractivity contribution >= 4 is 33.4 Å². The van der Waals surface area contributed by atoms with E-state index in [1.165, 1.54) is 0 Å². The van der Waals surface area contributed by atoms with Crippen LogP contribution >= 0.6 is 0 Å². The summed E-state index contributed by atoms with van der Waals surface area (Å²) in [5.74, 6) is -0.0923. The van der Waals surface area contributed by atoms with Gasteiger partial charge in [0.15, 0.2) is 0 Å². The molecular weight excluding hydrogens is 412 g/mol. The van der Waals surface area contributed by atoms with Crippen molar-refractivity contribution in [3.05, 3.63) is 77.7 Å². The normalized spacial score (nSPS) is 18.5. The van der Waals surface area contributed by atoms with Crippen LogP contribution in [-0.4, -0.2) is 33.4 Å². The van der Waals surface area contributed by atoms with Gasteiger partial charge in [-0.25, -0.2) is 0 Å². The minimum absolute atomic E-state index is 0.000948. The molecule has 1 aliphatic rings. The standard InChI is InChI=1S/C26H28N6O/c27-20-7-9-21(10-8-20)31-26(33)24-11-16-5-6-17(25(28)29)12-23(16)32(24)15-19-14-30-13-18-3-1-2-4-22(18)19/h1-6,11-14,20-21H,7-10,15,27H2,(H3,28,29)(H,31,33). The molecule has 0 unspecified atom stereocenters. The first-order valence-corrected chi connectivity index (χ1v) is 11.4. The number of nitrogens with one attached hydrogen (secondary N) is 2. The first-order chi connectivity index (χ1) is 16.0. The van der Waals surface area contributed by atoms with Crippen LogP contribution in [-0.2, 0) is 6.54 Å². The number of aromatic nitrogens is 2. The third-order valence-corrected chi connectivity index (χ3v) is 6.63. The molecule has 0 bridgehead atoms. The Balaban J connectivity index is 1.57. The maximum atomic E-state index is 13.4. The van der Waals surface area contributed by atoms with Gasteiger partial charge in [0.1, 0.15) is 11.5 Å². The summed E-state index contributed by atoms with van der Waals surface area (Å²) in [5.41, 5.74) is 14.9. The number of hydrogen-bond donors (Lipinski definition) is 4. The van der Waals surface area contributed by atoms with E-state index < -0.39 is 0 Å². The van der Waals surface area contributed by atoms with Crippen LogP contribution in [0, 0.1) is 5.41 Å². The third-order valence-electron chi connectivity index (χ3n) is 6.63. The number of amidine groups is 1. The SMILES string of the molecule is N=C(N)c1ccc2cc(C(=O)NC3CCC(N)CC3)n(Cc3cncc4ccccc34)c2c1. The highest BCUT2D eigenvalue weighted by Gasteiger charge is 2.23. The van der Waals surface area contributed by atoms with Gasteiger partial charge in [-0.15, -0.1) is 0 Å². The molecule has 2 aromatic heterocycles. The van der Waals surface area contributed by atoms with Gasteiger partial charge in [0.25, 0.3) is 5.91 Å². The molecule has 1 fully saturated rings. The summed E-state index contributed by atoms with van der Waals surface area (Å²) in [7, 11) is 0. The molecule has 168 valence electrons. The Morgan fingerprint density at radius 3 is 2.64 bits per heavy atom. The quantitative estimate of drug-likeness (QED) is 0.280. The van der Waals surface area contributed by atoms with E-state index >= 15 is 0 Å². The summed E-state index contributed by atoms with van der Waals surface area (Å²) in [6.07, 6.45) is 7.36. The zero-order valence-corrected chi connectivity index (χ0v) is 18.4. The number of benzene rings is 2. The third kappa shape index (κ3) is 4.19. The monoisotopic (exact) mass is 440 g/mol. The number of nitrogens with zero attached hydrogens (tertiary/aromatic N) is 2. The van der Waals surface area contributed by atoms with Gasteiger partial charge in [0, 0.05) is 46.3 Å². The molecule has 0 saturated heterocycles. The maximum Gasteiger partial charge on any atom is 0.268 e. The summed E-state index contributed by atoms with van der Waals surface area (Å²) >= 11 is 0. The van der Waals surface area contributed by atoms with Crippen LogP contribution in [0.3, 0.4) is 0 Å². The van der Waals surface area contributed by atoms with E-state index in [0.717, 1.165) is 52.9 Å². The van der Waals surface area contributed by atoms with Crippen LogP contribution in [0.15, 0.2) is 60.9 Å². The Morgan fingerprint density at radius 2 is 1.85 bits per heavy atom. The molecule has 6 N–H and O–H groups in total. The van der Waals surface area contributed by atoms with Gasteiger partial charge in [0.2, 0.25) is 0 Å². The Kier molecular flexibility index (Phi) is 5.56. The van der Waals surface area contributed by atoms with Crippen LogP contribution in [0.5, 0.6) is 0 Å². The highest BCUT2D eigenvalue weighted by Crippen LogP contribution is 2.26. The Hall–Kier alpha value is -3.71. The highest BCUT2D eigenvalue weighted by atomic mass is 16.2. The molecule has 7 nitrogen and oxygen atoms in total. The maximum absolute atomic E-state index is 13.4. The molecule has 0 spiro atoms. The zero-order valence-electron chi connectivity index (χ0n) is 18.4. The molecule has 0 radical (unpaired) electrons. The van der Waals surface area contributed by atoms with Gasteiger partial charge in [-0.3, -0.25) is 15.2 Å². The minimum Gasteiger partial charge on any atom is -0.384 e. The van der Waals surface area contributed by atoms with Crippen molar-refractivity contribution in [2.75, 3.05) is 0 Å². The van der Waals surface area contributed by atoms with Gasteiger partial charge in [-0.2, -0.15) is 0 Å². The van der Waals surface area contributed by atoms with E-state index in [1.54, 1.807) is 0 Å². The lowest BCUT2D eigenvalue weighted by Gasteiger charge is -2.27. The lowest BCUT2D eigenvalue weighted by molar-refractivity contribution is 0.0917. The second-order valence-corrected chi connectivity index (χ2v) is 8.91. The van der Waals surface area contributed by atoms with Crippen LogP contribution in [0.4, 0.5) is 0 Å². The summed E-state index contributed by atoms with van der Waals surface area (Å²) in [4.78, 5) is 17.8. The number of amides is 1. The van der Waals surface area contributed by atoms with Gasteiger partial charge in [-0.1, -0.05) is 36.4 Å². The van der Waals surface area contributed by atoms with E-state index in [0.29, 0.717) is 17.8 Å². The average molecular weight is 441 g/mol. The van der Waals surface area contributed by atoms with Crippen LogP contribution in [0.2, 0.25) is 0 Å². The second-order valence-electron chi connectivity index (χ2n) is 8.91. The van der Waals surface area contributed by atoms with E-state index in [4.69, 9.17) is 16.9 Å². The van der Waals surface area contributed by atoms with Crippen molar-refractivity contribution in [1.82, 2.24) is 14.9 Å². The summed E-state index contributed by atoms with van der Waals surface area (Å²) in [6, 6.07) is 16.0. The molecule has 1 saturated carbocycles. The first kappa shape index (κ1) is 21.2. The topological polar surface area (TPSA) is 123 Å². The Bertz CT molecular complexity index is 1340. The summed E-state index contributed by atoms with van der Waals surface area (Å²) < 4.78 is 2.01. The molecule has 2 heterocycles. The molecule has 0 atom stereocenters. The largest absolute Gasteiger partial charge is 0.384 e. The number of hydrogen-bond acceptors (Lipinski definition) is 4. The van der Waals surface area contributed by atoms with Gasteiger partial charge in [0.05, 0.1) is 6.54 Å². The Morgan fingerprint density at radius 1 is 1.06 bits per heavy atom. The number of nitrogens with two attached hydrogens (primary N) is 2. The average Bonchev–Trinajstić information content (AvgIpc) is 3.18. The van der Waals surface area contributed by atoms with Crippen LogP contribution in [0.25, 0.3) is 21.7 Å². The molecule has 4 aromatic rings. The van der Waals surface area contributed by atoms with E-state index in [9.17, 15) is 4.79 Å². The van der Waals surface area contributed by atoms with E-state index in [2.05, 4.69) is 16.4 Å².